The van der Waals surface area contributed by atoms with E-state index in [-0.39, 0.29) is 17.0 Å². The summed E-state index contributed by atoms with van der Waals surface area (Å²) in [5.74, 6) is 0.322. The van der Waals surface area contributed by atoms with E-state index in [1.807, 2.05) is 30.3 Å². The normalized spacial score (nSPS) is 18.8. The first kappa shape index (κ1) is 17.8. The van der Waals surface area contributed by atoms with Crippen molar-refractivity contribution in [3.8, 4) is 0 Å². The minimum atomic E-state index is -3.27. The maximum absolute atomic E-state index is 12.4. The van der Waals surface area contributed by atoms with Crippen LogP contribution in [0.2, 0.25) is 0 Å². The van der Waals surface area contributed by atoms with Crippen molar-refractivity contribution in [3.05, 3.63) is 52.1 Å². The van der Waals surface area contributed by atoms with E-state index in [2.05, 4.69) is 20.3 Å². The fourth-order valence-electron chi connectivity index (χ4n) is 3.41. The van der Waals surface area contributed by atoms with Gasteiger partial charge < -0.3 is 4.98 Å². The van der Waals surface area contributed by atoms with Crippen molar-refractivity contribution in [2.45, 2.75) is 25.3 Å². The van der Waals surface area contributed by atoms with Crippen LogP contribution in [-0.2, 0) is 16.6 Å². The summed E-state index contributed by atoms with van der Waals surface area (Å²) >= 11 is 0. The highest BCUT2D eigenvalue weighted by Crippen LogP contribution is 2.26. The number of hydrogen-bond acceptors (Lipinski definition) is 6. The molecule has 1 N–H and O–H groups in total. The maximum atomic E-state index is 12.4. The van der Waals surface area contributed by atoms with Gasteiger partial charge in [0.2, 0.25) is 10.0 Å². The zero-order valence-electron chi connectivity index (χ0n) is 14.9. The molecule has 3 aromatic rings. The Balaban J connectivity index is 1.70. The van der Waals surface area contributed by atoms with Crippen LogP contribution in [0.15, 0.2) is 35.1 Å². The molecule has 3 heterocycles. The van der Waals surface area contributed by atoms with Crippen molar-refractivity contribution in [2.75, 3.05) is 19.3 Å². The zero-order valence-corrected chi connectivity index (χ0v) is 15.7. The van der Waals surface area contributed by atoms with Crippen LogP contribution in [-0.4, -0.2) is 57.0 Å². The number of hydrogen-bond donors (Lipinski definition) is 1. The summed E-state index contributed by atoms with van der Waals surface area (Å²) in [6.45, 7) is 1.26. The van der Waals surface area contributed by atoms with Gasteiger partial charge in [0, 0.05) is 19.0 Å². The number of benzene rings is 1. The van der Waals surface area contributed by atoms with Crippen LogP contribution >= 0.6 is 0 Å². The summed E-state index contributed by atoms with van der Waals surface area (Å²) < 4.78 is 26.8. The summed E-state index contributed by atoms with van der Waals surface area (Å²) in [7, 11) is -3.27. The average Bonchev–Trinajstić information content (AvgIpc) is 3.05. The Morgan fingerprint density at radius 3 is 2.78 bits per heavy atom. The van der Waals surface area contributed by atoms with Gasteiger partial charge in [-0.2, -0.15) is 0 Å². The van der Waals surface area contributed by atoms with Crippen LogP contribution in [0, 0.1) is 0 Å². The van der Waals surface area contributed by atoms with E-state index >= 15 is 0 Å². The Hall–Kier alpha value is -2.59. The molecule has 1 atom stereocenters. The van der Waals surface area contributed by atoms with E-state index in [4.69, 9.17) is 0 Å². The summed E-state index contributed by atoms with van der Waals surface area (Å²) in [5, 5.41) is 8.02. The maximum Gasteiger partial charge on any atom is 0.281 e. The smallest absolute Gasteiger partial charge is 0.281 e. The van der Waals surface area contributed by atoms with Crippen molar-refractivity contribution in [1.29, 1.82) is 0 Å². The van der Waals surface area contributed by atoms with E-state index in [1.165, 1.54) is 10.6 Å². The van der Waals surface area contributed by atoms with Crippen LogP contribution in [0.4, 0.5) is 0 Å². The third-order valence-corrected chi connectivity index (χ3v) is 6.08. The number of nitrogens with one attached hydrogen (secondary N) is 1. The lowest BCUT2D eigenvalue weighted by Gasteiger charge is -2.30. The van der Waals surface area contributed by atoms with Crippen LogP contribution in [0.3, 0.4) is 0 Å². The molecule has 1 aliphatic heterocycles. The van der Waals surface area contributed by atoms with Gasteiger partial charge in [0.15, 0.2) is 11.2 Å². The molecule has 0 bridgehead atoms. The second-order valence-corrected chi connectivity index (χ2v) is 8.80. The van der Waals surface area contributed by atoms with E-state index < -0.39 is 10.0 Å². The first-order valence-corrected chi connectivity index (χ1v) is 10.6. The monoisotopic (exact) mass is 388 g/mol. The fourth-order valence-corrected chi connectivity index (χ4v) is 4.32. The van der Waals surface area contributed by atoms with Crippen LogP contribution < -0.4 is 5.56 Å². The predicted molar refractivity (Wildman–Crippen MR) is 99.9 cm³/mol. The Morgan fingerprint density at radius 2 is 2.04 bits per heavy atom. The zero-order chi connectivity index (χ0) is 19.0. The first-order chi connectivity index (χ1) is 12.9. The number of sulfonamides is 1. The molecule has 1 aromatic carbocycles. The molecule has 4 rings (SSSR count). The third-order valence-electron chi connectivity index (χ3n) is 4.81. The van der Waals surface area contributed by atoms with Gasteiger partial charge in [-0.1, -0.05) is 35.5 Å². The van der Waals surface area contributed by atoms with E-state index in [0.29, 0.717) is 31.1 Å². The summed E-state index contributed by atoms with van der Waals surface area (Å²) in [4.78, 5) is 19.8. The van der Waals surface area contributed by atoms with Gasteiger partial charge in [0.05, 0.1) is 12.8 Å². The lowest BCUT2D eigenvalue weighted by molar-refractivity contribution is 0.311. The number of H-pyrrole nitrogens is 1. The highest BCUT2D eigenvalue weighted by atomic mass is 32.2. The van der Waals surface area contributed by atoms with Gasteiger partial charge in [-0.05, 0) is 18.4 Å². The minimum Gasteiger partial charge on any atom is -0.308 e. The van der Waals surface area contributed by atoms with E-state index in [0.717, 1.165) is 18.4 Å². The largest absolute Gasteiger partial charge is 0.308 e. The summed E-state index contributed by atoms with van der Waals surface area (Å²) in [6, 6.07) is 9.73. The molecule has 0 radical (unpaired) electrons. The molecule has 1 fully saturated rings. The Labute approximate surface area is 156 Å². The van der Waals surface area contributed by atoms with E-state index in [1.54, 1.807) is 4.68 Å². The molecule has 0 saturated carbocycles. The molecule has 0 spiro atoms. The molecule has 0 unspecified atom stereocenters. The number of nitrogens with zero attached hydrogens (tertiary/aromatic N) is 5. The van der Waals surface area contributed by atoms with Gasteiger partial charge in [0.25, 0.3) is 5.56 Å². The van der Waals surface area contributed by atoms with E-state index in [9.17, 15) is 13.2 Å². The Kier molecular flexibility index (Phi) is 4.52. The van der Waals surface area contributed by atoms with Gasteiger partial charge >= 0.3 is 0 Å². The highest BCUT2D eigenvalue weighted by Gasteiger charge is 2.29. The summed E-state index contributed by atoms with van der Waals surface area (Å²) in [6.07, 6.45) is 2.69. The van der Waals surface area contributed by atoms with Crippen molar-refractivity contribution in [1.82, 2.24) is 29.3 Å². The minimum absolute atomic E-state index is 0.161. The second kappa shape index (κ2) is 6.86. The van der Waals surface area contributed by atoms with Gasteiger partial charge in [0.1, 0.15) is 5.82 Å². The standard InChI is InChI=1S/C17H20N6O3S/c1-27(25,26)22-9-5-8-13(11-22)15-18-16-14(17(24)19-15)20-21-23(16)10-12-6-3-2-4-7-12/h2-4,6-7,13H,5,8-11H2,1H3,(H,18,19,24)/t13-/m1/s1. The lowest BCUT2D eigenvalue weighted by atomic mass is 9.99. The highest BCUT2D eigenvalue weighted by molar-refractivity contribution is 7.88. The summed E-state index contributed by atoms with van der Waals surface area (Å²) in [5.41, 5.74) is 1.26. The van der Waals surface area contributed by atoms with Crippen LogP contribution in [0.5, 0.6) is 0 Å². The molecule has 9 nitrogen and oxygen atoms in total. The first-order valence-electron chi connectivity index (χ1n) is 8.74. The van der Waals surface area contributed by atoms with Gasteiger partial charge in [-0.3, -0.25) is 4.79 Å². The van der Waals surface area contributed by atoms with Crippen molar-refractivity contribution in [3.63, 3.8) is 0 Å². The molecular formula is C17H20N6O3S. The molecular weight excluding hydrogens is 368 g/mol. The van der Waals surface area contributed by atoms with Gasteiger partial charge in [-0.15, -0.1) is 5.10 Å². The van der Waals surface area contributed by atoms with Crippen molar-refractivity contribution < 1.29 is 8.42 Å². The molecule has 142 valence electrons. The number of piperidine rings is 1. The molecule has 27 heavy (non-hydrogen) atoms. The lowest BCUT2D eigenvalue weighted by Crippen LogP contribution is -2.39. The molecule has 2 aromatic heterocycles. The predicted octanol–water partition coefficient (Wildman–Crippen LogP) is 0.702. The molecule has 0 aliphatic carbocycles. The second-order valence-electron chi connectivity index (χ2n) is 6.82. The molecule has 0 amide bonds. The average molecular weight is 388 g/mol. The van der Waals surface area contributed by atoms with Crippen molar-refractivity contribution >= 4 is 21.2 Å². The van der Waals surface area contributed by atoms with Gasteiger partial charge in [-0.25, -0.2) is 22.4 Å². The quantitative estimate of drug-likeness (QED) is 0.704. The van der Waals surface area contributed by atoms with Crippen LogP contribution in [0.25, 0.3) is 11.2 Å². The third kappa shape index (κ3) is 3.62. The SMILES string of the molecule is CS(=O)(=O)N1CCC[C@@H](c2nc3c(nnn3Cc3ccccc3)c(=O)[nH]2)C1. The Bertz CT molecular complexity index is 1120. The Morgan fingerprint density at radius 1 is 1.26 bits per heavy atom. The number of aromatic amines is 1. The van der Waals surface area contributed by atoms with Crippen LogP contribution in [0.1, 0.15) is 30.1 Å². The number of rotatable bonds is 4. The number of aromatic nitrogens is 5. The van der Waals surface area contributed by atoms with Crippen molar-refractivity contribution in [2.24, 2.45) is 0 Å². The topological polar surface area (TPSA) is 114 Å². The number of fused-ring (bicyclic) bond motifs is 1. The molecule has 10 heteroatoms. The molecule has 1 aliphatic rings. The fraction of sp³-hybridized carbons (Fsp3) is 0.412. The molecule has 1 saturated heterocycles.